The first-order valence-corrected chi connectivity index (χ1v) is 6.69. The highest BCUT2D eigenvalue weighted by Crippen LogP contribution is 2.26. The molecule has 0 saturated heterocycles. The van der Waals surface area contributed by atoms with Gasteiger partial charge in [-0.2, -0.15) is 0 Å². The molecule has 3 nitrogen and oxygen atoms in total. The molecule has 20 heavy (non-hydrogen) atoms. The number of anilines is 1. The summed E-state index contributed by atoms with van der Waals surface area (Å²) in [5.41, 5.74) is 4.47. The van der Waals surface area contributed by atoms with Crippen LogP contribution in [0.25, 0.3) is 11.1 Å². The molecule has 0 fully saturated rings. The molecular formula is C17H20N2O. The Morgan fingerprint density at radius 2 is 2.00 bits per heavy atom. The molecule has 0 atom stereocenters. The molecule has 0 aliphatic heterocycles. The largest absolute Gasteiger partial charge is 0.469 e. The van der Waals surface area contributed by atoms with Crippen LogP contribution in [0.1, 0.15) is 25.2 Å². The number of benzene rings is 1. The average Bonchev–Trinajstić information content (AvgIpc) is 2.85. The van der Waals surface area contributed by atoms with Crippen molar-refractivity contribution in [1.29, 1.82) is 0 Å². The standard InChI is InChI=1S/C17H20N2O/c1-5-8-18-14(4)19-17-10-15(7-6-12(17)2)16-9-13(3)20-11-16/h5-11H,1-4H3,(H,18,19)/b8-5-. The zero-order valence-corrected chi connectivity index (χ0v) is 12.4. The lowest BCUT2D eigenvalue weighted by Crippen LogP contribution is -2.07. The van der Waals surface area contributed by atoms with E-state index in [1.165, 1.54) is 5.56 Å². The number of nitrogens with zero attached hydrogens (tertiary/aromatic N) is 1. The molecule has 2 rings (SSSR count). The topological polar surface area (TPSA) is 37.5 Å². The number of hydrogen-bond donors (Lipinski definition) is 1. The second-order valence-electron chi connectivity index (χ2n) is 4.80. The van der Waals surface area contributed by atoms with Crippen molar-refractivity contribution in [3.8, 4) is 11.1 Å². The summed E-state index contributed by atoms with van der Waals surface area (Å²) in [6.45, 7) is 7.93. The summed E-state index contributed by atoms with van der Waals surface area (Å²) in [6.07, 6.45) is 5.47. The Hall–Kier alpha value is -2.29. The van der Waals surface area contributed by atoms with Crippen molar-refractivity contribution in [2.24, 2.45) is 4.99 Å². The van der Waals surface area contributed by atoms with Crippen molar-refractivity contribution >= 4 is 11.5 Å². The summed E-state index contributed by atoms with van der Waals surface area (Å²) in [4.78, 5) is 4.29. The van der Waals surface area contributed by atoms with Gasteiger partial charge in [0, 0.05) is 17.5 Å². The average molecular weight is 268 g/mol. The molecule has 1 N–H and O–H groups in total. The normalized spacial score (nSPS) is 12.1. The Kier molecular flexibility index (Phi) is 4.41. The van der Waals surface area contributed by atoms with Crippen LogP contribution in [-0.2, 0) is 0 Å². The van der Waals surface area contributed by atoms with Crippen LogP contribution in [0.2, 0.25) is 0 Å². The predicted octanol–water partition coefficient (Wildman–Crippen LogP) is 4.93. The van der Waals surface area contributed by atoms with Gasteiger partial charge in [-0.05, 0) is 51.0 Å². The minimum Gasteiger partial charge on any atom is -0.469 e. The molecule has 3 heteroatoms. The van der Waals surface area contributed by atoms with Crippen LogP contribution in [0.4, 0.5) is 5.69 Å². The number of hydrogen-bond acceptors (Lipinski definition) is 2. The quantitative estimate of drug-likeness (QED) is 0.633. The maximum atomic E-state index is 5.37. The molecule has 0 saturated carbocycles. The SMILES string of the molecule is C/C=C\N=C(C)Nc1cc(-c2coc(C)c2)ccc1C. The smallest absolute Gasteiger partial charge is 0.103 e. The number of allylic oxidation sites excluding steroid dienone is 1. The minimum atomic E-state index is 0.867. The molecule has 1 aromatic carbocycles. The Morgan fingerprint density at radius 3 is 2.65 bits per heavy atom. The maximum absolute atomic E-state index is 5.37. The molecular weight excluding hydrogens is 248 g/mol. The fourth-order valence-electron chi connectivity index (χ4n) is 1.94. The van der Waals surface area contributed by atoms with Crippen LogP contribution in [-0.4, -0.2) is 5.84 Å². The molecule has 0 bridgehead atoms. The first-order chi connectivity index (χ1) is 9.60. The number of amidine groups is 1. The van der Waals surface area contributed by atoms with Crippen LogP contribution in [0.5, 0.6) is 0 Å². The highest BCUT2D eigenvalue weighted by molar-refractivity contribution is 5.95. The molecule has 0 unspecified atom stereocenters. The van der Waals surface area contributed by atoms with E-state index in [1.54, 1.807) is 12.5 Å². The maximum Gasteiger partial charge on any atom is 0.103 e. The molecule has 1 aromatic heterocycles. The summed E-state index contributed by atoms with van der Waals surface area (Å²) >= 11 is 0. The monoisotopic (exact) mass is 268 g/mol. The van der Waals surface area contributed by atoms with Crippen LogP contribution in [0.3, 0.4) is 0 Å². The number of rotatable bonds is 3. The van der Waals surface area contributed by atoms with E-state index in [2.05, 4.69) is 35.4 Å². The van der Waals surface area contributed by atoms with Gasteiger partial charge in [-0.3, -0.25) is 0 Å². The molecule has 0 aliphatic rings. The Labute approximate surface area is 120 Å². The Balaban J connectivity index is 2.29. The van der Waals surface area contributed by atoms with E-state index < -0.39 is 0 Å². The van der Waals surface area contributed by atoms with Gasteiger partial charge in [0.15, 0.2) is 0 Å². The van der Waals surface area contributed by atoms with Crippen molar-refractivity contribution < 1.29 is 4.42 Å². The third kappa shape index (κ3) is 3.38. The third-order valence-electron chi connectivity index (χ3n) is 3.03. The van der Waals surface area contributed by atoms with Gasteiger partial charge in [-0.15, -0.1) is 0 Å². The first kappa shape index (κ1) is 14.1. The molecule has 0 amide bonds. The zero-order valence-electron chi connectivity index (χ0n) is 12.4. The van der Waals surface area contributed by atoms with Crippen molar-refractivity contribution in [1.82, 2.24) is 0 Å². The molecule has 2 aromatic rings. The number of nitrogens with one attached hydrogen (secondary N) is 1. The van der Waals surface area contributed by atoms with Gasteiger partial charge in [0.05, 0.1) is 6.26 Å². The third-order valence-corrected chi connectivity index (χ3v) is 3.03. The molecule has 104 valence electrons. The summed E-state index contributed by atoms with van der Waals surface area (Å²) in [5.74, 6) is 1.78. The fraction of sp³-hybridized carbons (Fsp3) is 0.235. The highest BCUT2D eigenvalue weighted by atomic mass is 16.3. The van der Waals surface area contributed by atoms with Gasteiger partial charge in [0.2, 0.25) is 0 Å². The summed E-state index contributed by atoms with van der Waals surface area (Å²) in [7, 11) is 0. The summed E-state index contributed by atoms with van der Waals surface area (Å²) in [5, 5.41) is 3.33. The second kappa shape index (κ2) is 6.24. The van der Waals surface area contributed by atoms with Crippen molar-refractivity contribution in [3.05, 3.63) is 54.1 Å². The van der Waals surface area contributed by atoms with Crippen LogP contribution in [0, 0.1) is 13.8 Å². The van der Waals surface area contributed by atoms with Crippen molar-refractivity contribution in [2.45, 2.75) is 27.7 Å². The Bertz CT molecular complexity index is 651. The van der Waals surface area contributed by atoms with Gasteiger partial charge in [-0.25, -0.2) is 4.99 Å². The summed E-state index contributed by atoms with van der Waals surface area (Å²) in [6, 6.07) is 8.36. The highest BCUT2D eigenvalue weighted by Gasteiger charge is 2.05. The number of furan rings is 1. The first-order valence-electron chi connectivity index (χ1n) is 6.69. The number of aliphatic imine (C=N–C) groups is 1. The van der Waals surface area contributed by atoms with Crippen molar-refractivity contribution in [2.75, 3.05) is 5.32 Å². The van der Waals surface area contributed by atoms with Gasteiger partial charge in [0.25, 0.3) is 0 Å². The Morgan fingerprint density at radius 1 is 1.20 bits per heavy atom. The van der Waals surface area contributed by atoms with Gasteiger partial charge < -0.3 is 9.73 Å². The zero-order chi connectivity index (χ0) is 14.5. The van der Waals surface area contributed by atoms with E-state index in [4.69, 9.17) is 4.42 Å². The van der Waals surface area contributed by atoms with Crippen LogP contribution in [0.15, 0.2) is 52.2 Å². The lowest BCUT2D eigenvalue weighted by Gasteiger charge is -2.10. The summed E-state index contributed by atoms with van der Waals surface area (Å²) < 4.78 is 5.37. The van der Waals surface area contributed by atoms with E-state index in [1.807, 2.05) is 32.9 Å². The van der Waals surface area contributed by atoms with Gasteiger partial charge in [0.1, 0.15) is 11.6 Å². The molecule has 0 spiro atoms. The van der Waals surface area contributed by atoms with E-state index in [-0.39, 0.29) is 0 Å². The van der Waals surface area contributed by atoms with Gasteiger partial charge >= 0.3 is 0 Å². The van der Waals surface area contributed by atoms with E-state index >= 15 is 0 Å². The predicted molar refractivity (Wildman–Crippen MR) is 85.2 cm³/mol. The van der Waals surface area contributed by atoms with Gasteiger partial charge in [-0.1, -0.05) is 18.2 Å². The van der Waals surface area contributed by atoms with E-state index in [0.717, 1.165) is 28.4 Å². The fourth-order valence-corrected chi connectivity index (χ4v) is 1.94. The van der Waals surface area contributed by atoms with Crippen molar-refractivity contribution in [3.63, 3.8) is 0 Å². The molecule has 0 aliphatic carbocycles. The molecule has 0 radical (unpaired) electrons. The minimum absolute atomic E-state index is 0.867. The molecule has 1 heterocycles. The van der Waals surface area contributed by atoms with E-state index in [9.17, 15) is 0 Å². The number of aryl methyl sites for hydroxylation is 2. The van der Waals surface area contributed by atoms with E-state index in [0.29, 0.717) is 0 Å². The lowest BCUT2D eigenvalue weighted by atomic mass is 10.0. The second-order valence-corrected chi connectivity index (χ2v) is 4.80. The lowest BCUT2D eigenvalue weighted by molar-refractivity contribution is 0.535. The van der Waals surface area contributed by atoms with Crippen LogP contribution < -0.4 is 5.32 Å². The van der Waals surface area contributed by atoms with Crippen LogP contribution >= 0.6 is 0 Å².